The van der Waals surface area contributed by atoms with E-state index in [4.69, 9.17) is 23.2 Å². The number of aromatic nitrogens is 3. The van der Waals surface area contributed by atoms with Gasteiger partial charge in [-0.3, -0.25) is 4.40 Å². The Morgan fingerprint density at radius 2 is 1.73 bits per heavy atom. The summed E-state index contributed by atoms with van der Waals surface area (Å²) in [6.07, 6.45) is 0. The molecule has 0 amide bonds. The molecule has 0 aliphatic rings. The smallest absolute Gasteiger partial charge is 0.161 e. The van der Waals surface area contributed by atoms with Gasteiger partial charge in [-0.05, 0) is 42.8 Å². The summed E-state index contributed by atoms with van der Waals surface area (Å²) >= 11 is 12.6. The van der Waals surface area contributed by atoms with Crippen LogP contribution in [0.1, 0.15) is 5.82 Å². The summed E-state index contributed by atoms with van der Waals surface area (Å²) in [5.74, 6) is 0.841. The first kappa shape index (κ1) is 13.6. The molecule has 0 fully saturated rings. The van der Waals surface area contributed by atoms with E-state index in [1.807, 2.05) is 59.9 Å². The van der Waals surface area contributed by atoms with E-state index in [0.717, 1.165) is 33.5 Å². The van der Waals surface area contributed by atoms with Crippen LogP contribution in [-0.2, 0) is 0 Å². The fraction of sp³-hybridized carbons (Fsp3) is 0.0588. The van der Waals surface area contributed by atoms with Gasteiger partial charge < -0.3 is 0 Å². The zero-order chi connectivity index (χ0) is 15.3. The minimum atomic E-state index is 0.686. The Balaban J connectivity index is 2.21. The van der Waals surface area contributed by atoms with Gasteiger partial charge in [0.25, 0.3) is 0 Å². The highest BCUT2D eigenvalue weighted by atomic mass is 35.5. The fourth-order valence-electron chi connectivity index (χ4n) is 2.80. The zero-order valence-corrected chi connectivity index (χ0v) is 13.2. The van der Waals surface area contributed by atoms with Gasteiger partial charge in [-0.25, -0.2) is 0 Å². The third-order valence-corrected chi connectivity index (χ3v) is 4.34. The summed E-state index contributed by atoms with van der Waals surface area (Å²) in [6.45, 7) is 1.93. The standard InChI is InChI=1S/C17H11Cl2N3/c1-10-20-21-17-9-13(12-4-2-3-5-15(12)19)14-8-11(18)6-7-16(14)22(10)17/h2-9H,1H3. The number of hydrogen-bond donors (Lipinski definition) is 0. The summed E-state index contributed by atoms with van der Waals surface area (Å²) in [4.78, 5) is 0. The molecule has 0 N–H and O–H groups in total. The topological polar surface area (TPSA) is 30.2 Å². The van der Waals surface area contributed by atoms with Crippen LogP contribution >= 0.6 is 23.2 Å². The van der Waals surface area contributed by atoms with Crippen molar-refractivity contribution in [3.8, 4) is 11.1 Å². The van der Waals surface area contributed by atoms with Crippen molar-refractivity contribution in [1.29, 1.82) is 0 Å². The minimum Gasteiger partial charge on any atom is -0.279 e. The fourth-order valence-corrected chi connectivity index (χ4v) is 3.21. The summed E-state index contributed by atoms with van der Waals surface area (Å²) < 4.78 is 2.02. The van der Waals surface area contributed by atoms with E-state index in [1.165, 1.54) is 0 Å². The molecule has 4 aromatic rings. The molecule has 0 aliphatic heterocycles. The highest BCUT2D eigenvalue weighted by Gasteiger charge is 2.13. The van der Waals surface area contributed by atoms with Crippen molar-refractivity contribution in [1.82, 2.24) is 14.6 Å². The van der Waals surface area contributed by atoms with E-state index in [0.29, 0.717) is 10.0 Å². The molecule has 0 radical (unpaired) electrons. The Morgan fingerprint density at radius 3 is 2.55 bits per heavy atom. The lowest BCUT2D eigenvalue weighted by molar-refractivity contribution is 1.02. The highest BCUT2D eigenvalue weighted by Crippen LogP contribution is 2.35. The number of benzene rings is 2. The lowest BCUT2D eigenvalue weighted by atomic mass is 10.0. The lowest BCUT2D eigenvalue weighted by Crippen LogP contribution is -1.94. The van der Waals surface area contributed by atoms with Crippen molar-refractivity contribution < 1.29 is 0 Å². The monoisotopic (exact) mass is 327 g/mol. The Labute approximate surface area is 137 Å². The summed E-state index contributed by atoms with van der Waals surface area (Å²) in [5, 5.41) is 10.8. The molecule has 3 nitrogen and oxygen atoms in total. The maximum atomic E-state index is 6.38. The number of aryl methyl sites for hydroxylation is 1. The van der Waals surface area contributed by atoms with Crippen LogP contribution < -0.4 is 0 Å². The van der Waals surface area contributed by atoms with Gasteiger partial charge in [0.05, 0.1) is 5.52 Å². The number of nitrogens with zero attached hydrogens (tertiary/aromatic N) is 3. The van der Waals surface area contributed by atoms with E-state index in [1.54, 1.807) is 0 Å². The van der Waals surface area contributed by atoms with Gasteiger partial charge >= 0.3 is 0 Å². The van der Waals surface area contributed by atoms with Crippen molar-refractivity contribution >= 4 is 39.8 Å². The number of hydrogen-bond acceptors (Lipinski definition) is 2. The van der Waals surface area contributed by atoms with E-state index < -0.39 is 0 Å². The van der Waals surface area contributed by atoms with E-state index in [2.05, 4.69) is 10.2 Å². The second kappa shape index (κ2) is 4.97. The van der Waals surface area contributed by atoms with Crippen LogP contribution in [0.25, 0.3) is 27.7 Å². The van der Waals surface area contributed by atoms with Crippen LogP contribution in [0.15, 0.2) is 48.5 Å². The molecule has 2 aromatic carbocycles. The van der Waals surface area contributed by atoms with Crippen LogP contribution in [0.3, 0.4) is 0 Å². The van der Waals surface area contributed by atoms with Crippen LogP contribution in [0, 0.1) is 6.92 Å². The first-order valence-corrected chi connectivity index (χ1v) is 7.59. The molecule has 4 rings (SSSR count). The summed E-state index contributed by atoms with van der Waals surface area (Å²) in [7, 11) is 0. The highest BCUT2D eigenvalue weighted by molar-refractivity contribution is 6.34. The SMILES string of the molecule is Cc1nnc2cc(-c3ccccc3Cl)c3cc(Cl)ccc3n12. The van der Waals surface area contributed by atoms with Gasteiger partial charge in [-0.2, -0.15) is 0 Å². The second-order valence-corrected chi connectivity index (χ2v) is 5.98. The molecule has 0 saturated carbocycles. The van der Waals surface area contributed by atoms with Gasteiger partial charge in [0.2, 0.25) is 0 Å². The molecule has 2 aromatic heterocycles. The number of fused-ring (bicyclic) bond motifs is 3. The summed E-state index contributed by atoms with van der Waals surface area (Å²) in [5.41, 5.74) is 3.77. The van der Waals surface area contributed by atoms with E-state index in [-0.39, 0.29) is 0 Å². The number of halogens is 2. The van der Waals surface area contributed by atoms with Crippen LogP contribution in [-0.4, -0.2) is 14.6 Å². The van der Waals surface area contributed by atoms with Crippen LogP contribution in [0.2, 0.25) is 10.0 Å². The molecule has 0 saturated heterocycles. The predicted molar refractivity (Wildman–Crippen MR) is 90.7 cm³/mol. The summed E-state index contributed by atoms with van der Waals surface area (Å²) in [6, 6.07) is 15.6. The average molecular weight is 328 g/mol. The minimum absolute atomic E-state index is 0.686. The normalized spacial score (nSPS) is 11.4. The van der Waals surface area contributed by atoms with Crippen molar-refractivity contribution in [3.63, 3.8) is 0 Å². The van der Waals surface area contributed by atoms with Crippen molar-refractivity contribution in [2.45, 2.75) is 6.92 Å². The molecule has 0 bridgehead atoms. The molecular weight excluding hydrogens is 317 g/mol. The Bertz CT molecular complexity index is 1020. The maximum absolute atomic E-state index is 6.38. The van der Waals surface area contributed by atoms with Crippen molar-refractivity contribution in [2.24, 2.45) is 0 Å². The molecule has 2 heterocycles. The van der Waals surface area contributed by atoms with E-state index >= 15 is 0 Å². The molecule has 5 heteroatoms. The molecule has 0 aliphatic carbocycles. The van der Waals surface area contributed by atoms with Crippen LogP contribution in [0.5, 0.6) is 0 Å². The molecule has 0 spiro atoms. The molecule has 22 heavy (non-hydrogen) atoms. The predicted octanol–water partition coefficient (Wildman–Crippen LogP) is 5.16. The third kappa shape index (κ3) is 1.97. The Kier molecular flexibility index (Phi) is 3.06. The molecule has 0 unspecified atom stereocenters. The number of pyridine rings is 1. The average Bonchev–Trinajstić information content (AvgIpc) is 2.88. The first-order valence-electron chi connectivity index (χ1n) is 6.84. The van der Waals surface area contributed by atoms with Gasteiger partial charge in [0, 0.05) is 21.0 Å². The van der Waals surface area contributed by atoms with E-state index in [9.17, 15) is 0 Å². The van der Waals surface area contributed by atoms with Gasteiger partial charge in [0.15, 0.2) is 5.65 Å². The molecule has 0 atom stereocenters. The number of rotatable bonds is 1. The zero-order valence-electron chi connectivity index (χ0n) is 11.7. The van der Waals surface area contributed by atoms with Gasteiger partial charge in [0.1, 0.15) is 5.82 Å². The Hall–Kier alpha value is -2.10. The lowest BCUT2D eigenvalue weighted by Gasteiger charge is -2.11. The largest absolute Gasteiger partial charge is 0.279 e. The third-order valence-electron chi connectivity index (χ3n) is 3.78. The maximum Gasteiger partial charge on any atom is 0.161 e. The van der Waals surface area contributed by atoms with Gasteiger partial charge in [-0.1, -0.05) is 41.4 Å². The Morgan fingerprint density at radius 1 is 0.909 bits per heavy atom. The van der Waals surface area contributed by atoms with Gasteiger partial charge in [-0.15, -0.1) is 10.2 Å². The second-order valence-electron chi connectivity index (χ2n) is 5.14. The van der Waals surface area contributed by atoms with Crippen LogP contribution in [0.4, 0.5) is 0 Å². The molecule has 108 valence electrons. The molecular formula is C17H11Cl2N3. The quantitative estimate of drug-likeness (QED) is 0.483. The first-order chi connectivity index (χ1) is 10.6. The van der Waals surface area contributed by atoms with Crippen molar-refractivity contribution in [3.05, 3.63) is 64.4 Å². The van der Waals surface area contributed by atoms with Crippen molar-refractivity contribution in [2.75, 3.05) is 0 Å².